The van der Waals surface area contributed by atoms with Crippen molar-refractivity contribution in [2.24, 2.45) is 0 Å². The summed E-state index contributed by atoms with van der Waals surface area (Å²) in [5, 5.41) is 4.80. The van der Waals surface area contributed by atoms with E-state index in [0.717, 1.165) is 27.8 Å². The second kappa shape index (κ2) is 6.94. The fourth-order valence-electron chi connectivity index (χ4n) is 2.42. The number of rotatable bonds is 5. The molecule has 0 radical (unpaired) electrons. The predicted molar refractivity (Wildman–Crippen MR) is 96.0 cm³/mol. The molecule has 0 spiro atoms. The van der Waals surface area contributed by atoms with Crippen LogP contribution in [0, 0.1) is 6.92 Å². The highest BCUT2D eigenvalue weighted by Gasteiger charge is 2.11. The Kier molecular flexibility index (Phi) is 4.35. The summed E-state index contributed by atoms with van der Waals surface area (Å²) in [6.07, 6.45) is 1.61. The van der Waals surface area contributed by atoms with E-state index in [9.17, 15) is 0 Å². The summed E-state index contributed by atoms with van der Waals surface area (Å²) >= 11 is 1.53. The number of hydrogen-bond acceptors (Lipinski definition) is 6. The summed E-state index contributed by atoms with van der Waals surface area (Å²) in [5.41, 5.74) is 3.76. The molecule has 0 N–H and O–H groups in total. The van der Waals surface area contributed by atoms with Crippen molar-refractivity contribution in [3.05, 3.63) is 72.2 Å². The molecule has 0 amide bonds. The van der Waals surface area contributed by atoms with Crippen LogP contribution in [0.4, 0.5) is 0 Å². The standard InChI is InChI=1S/C19H15N3O2S/c1-13-10-16(14-6-3-2-4-7-14)21-19(20-13)25-12-15-11-18(24-22-15)17-8-5-9-23-17/h2-11H,12H2,1H3. The summed E-state index contributed by atoms with van der Waals surface area (Å²) in [6, 6.07) is 17.6. The lowest BCUT2D eigenvalue weighted by atomic mass is 10.1. The lowest BCUT2D eigenvalue weighted by Crippen LogP contribution is -1.94. The second-order valence-corrected chi connectivity index (χ2v) is 6.43. The number of nitrogens with zero attached hydrogens (tertiary/aromatic N) is 3. The Morgan fingerprint density at radius 3 is 2.64 bits per heavy atom. The van der Waals surface area contributed by atoms with Crippen LogP contribution in [0.5, 0.6) is 0 Å². The molecule has 4 rings (SSSR count). The van der Waals surface area contributed by atoms with E-state index in [4.69, 9.17) is 8.94 Å². The molecule has 6 heteroatoms. The summed E-state index contributed by atoms with van der Waals surface area (Å²) in [7, 11) is 0. The maximum Gasteiger partial charge on any atom is 0.202 e. The van der Waals surface area contributed by atoms with Crippen LogP contribution in [-0.4, -0.2) is 15.1 Å². The molecule has 0 fully saturated rings. The molecule has 0 aliphatic carbocycles. The molecule has 0 atom stereocenters. The molecule has 1 aromatic carbocycles. The number of aryl methyl sites for hydroxylation is 1. The molecule has 0 saturated heterocycles. The molecule has 5 nitrogen and oxygen atoms in total. The molecular weight excluding hydrogens is 334 g/mol. The minimum absolute atomic E-state index is 0.621. The van der Waals surface area contributed by atoms with Crippen LogP contribution >= 0.6 is 11.8 Å². The third-order valence-corrected chi connectivity index (χ3v) is 4.46. The second-order valence-electron chi connectivity index (χ2n) is 5.49. The smallest absolute Gasteiger partial charge is 0.202 e. The van der Waals surface area contributed by atoms with Gasteiger partial charge in [-0.25, -0.2) is 9.97 Å². The van der Waals surface area contributed by atoms with Gasteiger partial charge >= 0.3 is 0 Å². The Hall–Kier alpha value is -2.86. The zero-order chi connectivity index (χ0) is 17.1. The molecule has 0 saturated carbocycles. The number of aromatic nitrogens is 3. The van der Waals surface area contributed by atoms with Gasteiger partial charge in [0.2, 0.25) is 5.76 Å². The maximum absolute atomic E-state index is 5.32. The van der Waals surface area contributed by atoms with Crippen molar-refractivity contribution in [2.45, 2.75) is 17.8 Å². The fraction of sp³-hybridized carbons (Fsp3) is 0.105. The van der Waals surface area contributed by atoms with E-state index < -0.39 is 0 Å². The first-order valence-corrected chi connectivity index (χ1v) is 8.80. The van der Waals surface area contributed by atoms with Gasteiger partial charge in [0.25, 0.3) is 0 Å². The number of furan rings is 1. The topological polar surface area (TPSA) is 65.0 Å². The molecule has 0 unspecified atom stereocenters. The molecule has 25 heavy (non-hydrogen) atoms. The zero-order valence-electron chi connectivity index (χ0n) is 13.5. The minimum atomic E-state index is 0.621. The normalized spacial score (nSPS) is 10.9. The van der Waals surface area contributed by atoms with Crippen molar-refractivity contribution < 1.29 is 8.94 Å². The molecule has 3 aromatic heterocycles. The number of hydrogen-bond donors (Lipinski definition) is 0. The highest BCUT2D eigenvalue weighted by Crippen LogP contribution is 2.26. The molecule has 0 aliphatic heterocycles. The lowest BCUT2D eigenvalue weighted by molar-refractivity contribution is 0.413. The van der Waals surface area contributed by atoms with Crippen molar-refractivity contribution in [1.29, 1.82) is 0 Å². The Balaban J connectivity index is 1.51. The average molecular weight is 349 g/mol. The van der Waals surface area contributed by atoms with Crippen LogP contribution in [0.25, 0.3) is 22.8 Å². The summed E-state index contributed by atoms with van der Waals surface area (Å²) < 4.78 is 10.6. The van der Waals surface area contributed by atoms with Gasteiger partial charge in [-0.1, -0.05) is 47.3 Å². The van der Waals surface area contributed by atoms with Gasteiger partial charge in [0.1, 0.15) is 0 Å². The average Bonchev–Trinajstić information content (AvgIpc) is 3.32. The third-order valence-electron chi connectivity index (χ3n) is 3.58. The highest BCUT2D eigenvalue weighted by molar-refractivity contribution is 7.98. The van der Waals surface area contributed by atoms with Gasteiger partial charge in [-0.2, -0.15) is 0 Å². The van der Waals surface area contributed by atoms with Gasteiger partial charge < -0.3 is 8.94 Å². The van der Waals surface area contributed by atoms with Crippen molar-refractivity contribution in [2.75, 3.05) is 0 Å². The van der Waals surface area contributed by atoms with Crippen molar-refractivity contribution in [3.63, 3.8) is 0 Å². The first-order valence-electron chi connectivity index (χ1n) is 7.81. The summed E-state index contributed by atoms with van der Waals surface area (Å²) in [4.78, 5) is 9.16. The van der Waals surface area contributed by atoms with Crippen LogP contribution < -0.4 is 0 Å². The van der Waals surface area contributed by atoms with Crippen molar-refractivity contribution in [1.82, 2.24) is 15.1 Å². The monoisotopic (exact) mass is 349 g/mol. The van der Waals surface area contributed by atoms with Gasteiger partial charge in [0.15, 0.2) is 10.9 Å². The number of thioether (sulfide) groups is 1. The maximum atomic E-state index is 5.32. The van der Waals surface area contributed by atoms with E-state index in [2.05, 4.69) is 15.1 Å². The molecule has 0 aliphatic rings. The van der Waals surface area contributed by atoms with Gasteiger partial charge in [-0.05, 0) is 25.1 Å². The highest BCUT2D eigenvalue weighted by atomic mass is 32.2. The largest absolute Gasteiger partial charge is 0.461 e. The SMILES string of the molecule is Cc1cc(-c2ccccc2)nc(SCc2cc(-c3ccco3)on2)n1. The third kappa shape index (κ3) is 3.64. The van der Waals surface area contributed by atoms with Gasteiger partial charge in [-0.3, -0.25) is 0 Å². The Morgan fingerprint density at radius 2 is 1.84 bits per heavy atom. The molecular formula is C19H15N3O2S. The Bertz CT molecular complexity index is 966. The van der Waals surface area contributed by atoms with E-state index >= 15 is 0 Å². The minimum Gasteiger partial charge on any atom is -0.461 e. The molecule has 3 heterocycles. The summed E-state index contributed by atoms with van der Waals surface area (Å²) in [5.74, 6) is 1.92. The lowest BCUT2D eigenvalue weighted by Gasteiger charge is -2.05. The fourth-order valence-corrected chi connectivity index (χ4v) is 3.20. The first kappa shape index (κ1) is 15.7. The number of benzene rings is 1. The van der Waals surface area contributed by atoms with E-state index in [1.165, 1.54) is 11.8 Å². The van der Waals surface area contributed by atoms with E-state index in [1.807, 2.05) is 61.5 Å². The van der Waals surface area contributed by atoms with E-state index in [1.54, 1.807) is 6.26 Å². The van der Waals surface area contributed by atoms with Gasteiger partial charge in [-0.15, -0.1) is 0 Å². The quantitative estimate of drug-likeness (QED) is 0.373. The van der Waals surface area contributed by atoms with Crippen LogP contribution in [0.3, 0.4) is 0 Å². The zero-order valence-corrected chi connectivity index (χ0v) is 14.4. The van der Waals surface area contributed by atoms with Crippen LogP contribution in [0.15, 0.2) is 75.0 Å². The van der Waals surface area contributed by atoms with Crippen LogP contribution in [0.2, 0.25) is 0 Å². The van der Waals surface area contributed by atoms with Gasteiger partial charge in [0, 0.05) is 23.1 Å². The molecule has 0 bridgehead atoms. The summed E-state index contributed by atoms with van der Waals surface area (Å²) in [6.45, 7) is 1.98. The first-order chi connectivity index (χ1) is 12.3. The van der Waals surface area contributed by atoms with Gasteiger partial charge in [0.05, 0.1) is 17.7 Å². The van der Waals surface area contributed by atoms with Crippen LogP contribution in [0.1, 0.15) is 11.4 Å². The van der Waals surface area contributed by atoms with Crippen molar-refractivity contribution in [3.8, 4) is 22.8 Å². The predicted octanol–water partition coefficient (Wildman–Crippen LogP) is 4.99. The molecule has 124 valence electrons. The van der Waals surface area contributed by atoms with E-state index in [-0.39, 0.29) is 0 Å². The Morgan fingerprint density at radius 1 is 0.960 bits per heavy atom. The Labute approximate surface area is 149 Å². The molecule has 4 aromatic rings. The van der Waals surface area contributed by atoms with E-state index in [0.29, 0.717) is 17.3 Å². The van der Waals surface area contributed by atoms with Crippen molar-refractivity contribution >= 4 is 11.8 Å². The van der Waals surface area contributed by atoms with Crippen LogP contribution in [-0.2, 0) is 5.75 Å².